The van der Waals surface area contributed by atoms with Crippen LogP contribution in [0.15, 0.2) is 24.3 Å². The van der Waals surface area contributed by atoms with Gasteiger partial charge in [0.25, 0.3) is 0 Å². The first-order chi connectivity index (χ1) is 14.1. The van der Waals surface area contributed by atoms with Gasteiger partial charge < -0.3 is 29.1 Å². The highest BCUT2D eigenvalue weighted by molar-refractivity contribution is 6.74. The normalized spacial score (nSPS) is 20.6. The van der Waals surface area contributed by atoms with Crippen molar-refractivity contribution < 1.29 is 28.5 Å². The number of rotatable bonds is 11. The number of alkyl carbamates (subject to hydrolysis) is 1. The van der Waals surface area contributed by atoms with Crippen LogP contribution in [0.5, 0.6) is 5.75 Å². The number of nitrogens with one attached hydrogen (secondary N) is 1. The Labute approximate surface area is 181 Å². The zero-order valence-corrected chi connectivity index (χ0v) is 20.1. The summed E-state index contributed by atoms with van der Waals surface area (Å²) in [7, 11) is -0.371. The Kier molecular flexibility index (Phi) is 8.72. The van der Waals surface area contributed by atoms with Gasteiger partial charge in [0.2, 0.25) is 0 Å². The molecule has 1 saturated heterocycles. The van der Waals surface area contributed by atoms with Crippen molar-refractivity contribution in [3.8, 4) is 5.75 Å². The van der Waals surface area contributed by atoms with Crippen molar-refractivity contribution >= 4 is 14.4 Å². The van der Waals surface area contributed by atoms with Gasteiger partial charge in [-0.2, -0.15) is 0 Å². The number of hydrogen-bond acceptors (Lipinski definition) is 6. The second-order valence-electron chi connectivity index (χ2n) is 9.30. The fraction of sp³-hybridized carbons (Fsp3) is 0.682. The molecule has 1 aromatic rings. The number of aliphatic hydroxyl groups excluding tert-OH is 1. The van der Waals surface area contributed by atoms with E-state index in [9.17, 15) is 9.90 Å². The van der Waals surface area contributed by atoms with Crippen molar-refractivity contribution in [2.75, 3.05) is 20.3 Å². The van der Waals surface area contributed by atoms with E-state index in [1.54, 1.807) is 7.11 Å². The van der Waals surface area contributed by atoms with Gasteiger partial charge in [-0.05, 0) is 42.2 Å². The second kappa shape index (κ2) is 10.6. The average molecular weight is 440 g/mol. The van der Waals surface area contributed by atoms with E-state index in [2.05, 4.69) is 39.2 Å². The number of benzene rings is 1. The molecule has 1 fully saturated rings. The number of cyclic esters (lactones) is 1. The molecular formula is C22H37NO6Si. The maximum Gasteiger partial charge on any atom is 0.407 e. The average Bonchev–Trinajstić information content (AvgIpc) is 3.03. The van der Waals surface area contributed by atoms with Crippen molar-refractivity contribution in [3.05, 3.63) is 29.8 Å². The van der Waals surface area contributed by atoms with Crippen molar-refractivity contribution in [2.24, 2.45) is 0 Å². The number of carbonyl (C=O) groups is 1. The predicted molar refractivity (Wildman–Crippen MR) is 118 cm³/mol. The molecule has 0 bridgehead atoms. The van der Waals surface area contributed by atoms with Gasteiger partial charge in [-0.3, -0.25) is 0 Å². The molecule has 3 atom stereocenters. The summed E-state index contributed by atoms with van der Waals surface area (Å²) in [5, 5.41) is 12.3. The van der Waals surface area contributed by atoms with Crippen LogP contribution < -0.4 is 10.1 Å². The molecule has 0 aromatic heterocycles. The van der Waals surface area contributed by atoms with Crippen molar-refractivity contribution in [2.45, 2.75) is 76.6 Å². The fourth-order valence-corrected chi connectivity index (χ4v) is 4.48. The molecule has 0 aliphatic carbocycles. The van der Waals surface area contributed by atoms with Gasteiger partial charge in [0, 0.05) is 13.0 Å². The number of hydrogen-bond donors (Lipinski definition) is 2. The zero-order chi connectivity index (χ0) is 22.4. The summed E-state index contributed by atoms with van der Waals surface area (Å²) in [5.41, 5.74) is 1.08. The quantitative estimate of drug-likeness (QED) is 0.402. The molecule has 170 valence electrons. The number of amides is 1. The Morgan fingerprint density at radius 3 is 2.47 bits per heavy atom. The van der Waals surface area contributed by atoms with Crippen LogP contribution in [0.1, 0.15) is 39.2 Å². The third-order valence-corrected chi connectivity index (χ3v) is 10.5. The van der Waals surface area contributed by atoms with Crippen LogP contribution in [-0.2, 0) is 20.5 Å². The van der Waals surface area contributed by atoms with Crippen LogP contribution in [0.25, 0.3) is 0 Å². The predicted octanol–water partition coefficient (Wildman–Crippen LogP) is 3.85. The minimum atomic E-state index is -2.02. The van der Waals surface area contributed by atoms with Crippen LogP contribution >= 0.6 is 0 Å². The number of ether oxygens (including phenoxy) is 3. The third kappa shape index (κ3) is 6.97. The zero-order valence-electron chi connectivity index (χ0n) is 19.1. The minimum Gasteiger partial charge on any atom is -0.497 e. The maximum absolute atomic E-state index is 11.6. The molecule has 0 spiro atoms. The molecule has 30 heavy (non-hydrogen) atoms. The first kappa shape index (κ1) is 24.7. The molecule has 2 N–H and O–H groups in total. The SMILES string of the molecule is COc1ccc(COCC[C@H](C[C@@H]2OC(=O)N[C@H]2CO)O[Si](C)(C)C(C)(C)C)cc1. The van der Waals surface area contributed by atoms with Crippen LogP contribution in [0.2, 0.25) is 18.1 Å². The summed E-state index contributed by atoms with van der Waals surface area (Å²) < 4.78 is 23.0. The van der Waals surface area contributed by atoms with Crippen LogP contribution in [0.3, 0.4) is 0 Å². The lowest BCUT2D eigenvalue weighted by molar-refractivity contribution is 0.0407. The lowest BCUT2D eigenvalue weighted by Crippen LogP contribution is -2.46. The lowest BCUT2D eigenvalue weighted by Gasteiger charge is -2.40. The highest BCUT2D eigenvalue weighted by Crippen LogP contribution is 2.38. The second-order valence-corrected chi connectivity index (χ2v) is 14.1. The first-order valence-corrected chi connectivity index (χ1v) is 13.4. The van der Waals surface area contributed by atoms with E-state index in [-0.39, 0.29) is 17.7 Å². The van der Waals surface area contributed by atoms with Crippen LogP contribution in [0, 0.1) is 0 Å². The lowest BCUT2D eigenvalue weighted by atomic mass is 10.0. The number of methoxy groups -OCH3 is 1. The van der Waals surface area contributed by atoms with Crippen molar-refractivity contribution in [1.29, 1.82) is 0 Å². The Bertz CT molecular complexity index is 673. The minimum absolute atomic E-state index is 0.0657. The van der Waals surface area contributed by atoms with E-state index in [4.69, 9.17) is 18.6 Å². The van der Waals surface area contributed by atoms with E-state index in [1.807, 2.05) is 24.3 Å². The fourth-order valence-electron chi connectivity index (χ4n) is 3.08. The molecule has 8 heteroatoms. The largest absolute Gasteiger partial charge is 0.497 e. The highest BCUT2D eigenvalue weighted by atomic mass is 28.4. The van der Waals surface area contributed by atoms with E-state index < -0.39 is 26.6 Å². The van der Waals surface area contributed by atoms with E-state index in [1.165, 1.54) is 0 Å². The molecule has 2 rings (SSSR count). The molecule has 0 unspecified atom stereocenters. The van der Waals surface area contributed by atoms with E-state index in [0.29, 0.717) is 26.1 Å². The Morgan fingerprint density at radius 2 is 1.90 bits per heavy atom. The molecule has 1 aliphatic heterocycles. The van der Waals surface area contributed by atoms with Gasteiger partial charge in [-0.15, -0.1) is 0 Å². The van der Waals surface area contributed by atoms with E-state index in [0.717, 1.165) is 11.3 Å². The van der Waals surface area contributed by atoms with Gasteiger partial charge in [-0.25, -0.2) is 4.79 Å². The van der Waals surface area contributed by atoms with E-state index >= 15 is 0 Å². The summed E-state index contributed by atoms with van der Waals surface area (Å²) in [5.74, 6) is 0.819. The third-order valence-electron chi connectivity index (χ3n) is 5.98. The molecular weight excluding hydrogens is 402 g/mol. The van der Waals surface area contributed by atoms with Crippen molar-refractivity contribution in [3.63, 3.8) is 0 Å². The summed E-state index contributed by atoms with van der Waals surface area (Å²) in [6.45, 7) is 11.9. The molecule has 1 heterocycles. The van der Waals surface area contributed by atoms with Gasteiger partial charge >= 0.3 is 6.09 Å². The number of aliphatic hydroxyl groups is 1. The maximum atomic E-state index is 11.6. The smallest absolute Gasteiger partial charge is 0.407 e. The summed E-state index contributed by atoms with van der Waals surface area (Å²) in [6.07, 6.45) is 0.213. The Balaban J connectivity index is 1.95. The van der Waals surface area contributed by atoms with Gasteiger partial charge in [0.05, 0.1) is 32.5 Å². The molecule has 1 amide bonds. The molecule has 0 radical (unpaired) electrons. The Morgan fingerprint density at radius 1 is 1.23 bits per heavy atom. The summed E-state index contributed by atoms with van der Waals surface area (Å²) in [6, 6.07) is 7.40. The topological polar surface area (TPSA) is 86.3 Å². The first-order valence-electron chi connectivity index (χ1n) is 10.5. The van der Waals surface area contributed by atoms with Gasteiger partial charge in [-0.1, -0.05) is 32.9 Å². The molecule has 0 saturated carbocycles. The van der Waals surface area contributed by atoms with Crippen LogP contribution in [0.4, 0.5) is 4.79 Å². The van der Waals surface area contributed by atoms with Crippen LogP contribution in [-0.4, -0.2) is 58.1 Å². The summed E-state index contributed by atoms with van der Waals surface area (Å²) >= 11 is 0. The molecule has 7 nitrogen and oxygen atoms in total. The van der Waals surface area contributed by atoms with Gasteiger partial charge in [0.1, 0.15) is 11.9 Å². The number of carbonyl (C=O) groups excluding carboxylic acids is 1. The highest BCUT2D eigenvalue weighted by Gasteiger charge is 2.41. The summed E-state index contributed by atoms with van der Waals surface area (Å²) in [4.78, 5) is 11.6. The van der Waals surface area contributed by atoms with Crippen molar-refractivity contribution in [1.82, 2.24) is 5.32 Å². The van der Waals surface area contributed by atoms with Gasteiger partial charge in [0.15, 0.2) is 8.32 Å². The molecule has 1 aromatic carbocycles. The Hall–Kier alpha value is -1.61. The molecule has 1 aliphatic rings. The monoisotopic (exact) mass is 439 g/mol. The standard InChI is InChI=1S/C22H37NO6Si/c1-22(2,3)30(5,6)29-18(13-20-19(14-24)23-21(25)28-20)11-12-27-15-16-7-9-17(26-4)10-8-16/h7-10,18-20,24H,11-15H2,1-6H3,(H,23,25)/t18-,19+,20+/m1/s1.